The lowest BCUT2D eigenvalue weighted by atomic mass is 10.3. The maximum absolute atomic E-state index is 9.07. The summed E-state index contributed by atoms with van der Waals surface area (Å²) >= 11 is 6.64. The average Bonchev–Trinajstić information content (AvgIpc) is 2.16. The van der Waals surface area contributed by atoms with Crippen LogP contribution in [0.5, 0.6) is 5.75 Å². The number of hydrogen-bond donors (Lipinski definition) is 2. The molecular weight excluding hydrogens is 316 g/mol. The first-order chi connectivity index (χ1) is 6.63. The molecule has 1 rings (SSSR count). The zero-order chi connectivity index (χ0) is 10.6. The molecule has 3 nitrogen and oxygen atoms in total. The van der Waals surface area contributed by atoms with Crippen LogP contribution in [0.1, 0.15) is 0 Å². The maximum Gasteiger partial charge on any atom is 0.133 e. The Balaban J connectivity index is 2.59. The van der Waals surface area contributed by atoms with Crippen LogP contribution in [0.25, 0.3) is 0 Å². The minimum Gasteiger partial charge on any atom is -0.490 e. The van der Waals surface area contributed by atoms with Crippen molar-refractivity contribution in [3.05, 3.63) is 27.1 Å². The minimum atomic E-state index is -0.842. The zero-order valence-electron chi connectivity index (χ0n) is 7.28. The summed E-state index contributed by atoms with van der Waals surface area (Å²) in [5, 5.41) is 17.6. The number of benzene rings is 1. The summed E-state index contributed by atoms with van der Waals surface area (Å²) in [6.07, 6.45) is -0.842. The van der Waals surface area contributed by atoms with Crippen LogP contribution in [0.15, 0.2) is 27.1 Å². The van der Waals surface area contributed by atoms with Crippen LogP contribution in [0.4, 0.5) is 0 Å². The molecule has 0 saturated heterocycles. The number of rotatable bonds is 4. The van der Waals surface area contributed by atoms with Crippen LogP contribution in [0.3, 0.4) is 0 Å². The zero-order valence-corrected chi connectivity index (χ0v) is 10.5. The van der Waals surface area contributed by atoms with Crippen molar-refractivity contribution in [1.82, 2.24) is 0 Å². The van der Waals surface area contributed by atoms with E-state index in [-0.39, 0.29) is 13.2 Å². The number of halogens is 2. The minimum absolute atomic E-state index is 0.0801. The summed E-state index contributed by atoms with van der Waals surface area (Å²) in [7, 11) is 0. The Hall–Kier alpha value is -0.100. The Morgan fingerprint density at radius 3 is 2.64 bits per heavy atom. The fourth-order valence-electron chi connectivity index (χ4n) is 0.831. The van der Waals surface area contributed by atoms with Gasteiger partial charge in [0.1, 0.15) is 18.5 Å². The molecule has 0 fully saturated rings. The Bertz CT molecular complexity index is 304. The van der Waals surface area contributed by atoms with Gasteiger partial charge in [-0.05, 0) is 34.1 Å². The van der Waals surface area contributed by atoms with Crippen molar-refractivity contribution in [3.8, 4) is 5.75 Å². The topological polar surface area (TPSA) is 49.7 Å². The fraction of sp³-hybridized carbons (Fsp3) is 0.333. The van der Waals surface area contributed by atoms with Crippen LogP contribution >= 0.6 is 31.9 Å². The monoisotopic (exact) mass is 324 g/mol. The first-order valence-corrected chi connectivity index (χ1v) is 5.59. The van der Waals surface area contributed by atoms with Crippen molar-refractivity contribution < 1.29 is 14.9 Å². The van der Waals surface area contributed by atoms with Crippen molar-refractivity contribution in [2.24, 2.45) is 0 Å². The van der Waals surface area contributed by atoms with E-state index in [0.717, 1.165) is 8.95 Å². The van der Waals surface area contributed by atoms with Gasteiger partial charge in [0.15, 0.2) is 0 Å². The quantitative estimate of drug-likeness (QED) is 0.889. The van der Waals surface area contributed by atoms with E-state index in [0.29, 0.717) is 5.75 Å². The molecule has 2 N–H and O–H groups in total. The van der Waals surface area contributed by atoms with Crippen LogP contribution in [-0.4, -0.2) is 29.5 Å². The molecule has 0 spiro atoms. The van der Waals surface area contributed by atoms with E-state index in [1.807, 2.05) is 12.1 Å². The molecule has 0 bridgehead atoms. The van der Waals surface area contributed by atoms with Crippen molar-refractivity contribution in [2.45, 2.75) is 6.10 Å². The van der Waals surface area contributed by atoms with Crippen LogP contribution in [0, 0.1) is 0 Å². The molecule has 78 valence electrons. The SMILES string of the molecule is OCC(O)COc1ccc(Br)cc1Br. The van der Waals surface area contributed by atoms with Gasteiger partial charge in [-0.2, -0.15) is 0 Å². The van der Waals surface area contributed by atoms with Gasteiger partial charge in [0.2, 0.25) is 0 Å². The maximum atomic E-state index is 9.07. The Morgan fingerprint density at radius 1 is 1.36 bits per heavy atom. The van der Waals surface area contributed by atoms with Gasteiger partial charge >= 0.3 is 0 Å². The molecule has 1 atom stereocenters. The van der Waals surface area contributed by atoms with E-state index in [2.05, 4.69) is 31.9 Å². The average molecular weight is 326 g/mol. The summed E-state index contributed by atoms with van der Waals surface area (Å²) in [5.74, 6) is 0.640. The molecule has 0 saturated carbocycles. The van der Waals surface area contributed by atoms with Crippen LogP contribution in [-0.2, 0) is 0 Å². The summed E-state index contributed by atoms with van der Waals surface area (Å²) in [5.41, 5.74) is 0. The van der Waals surface area contributed by atoms with E-state index in [4.69, 9.17) is 14.9 Å². The summed E-state index contributed by atoms with van der Waals surface area (Å²) < 4.78 is 7.01. The lowest BCUT2D eigenvalue weighted by Crippen LogP contribution is -2.21. The van der Waals surface area contributed by atoms with Gasteiger partial charge in [-0.3, -0.25) is 0 Å². The second kappa shape index (κ2) is 5.70. The Labute approximate surface area is 99.0 Å². The molecule has 1 unspecified atom stereocenters. The van der Waals surface area contributed by atoms with Crippen molar-refractivity contribution in [2.75, 3.05) is 13.2 Å². The van der Waals surface area contributed by atoms with Gasteiger partial charge in [0, 0.05) is 4.47 Å². The van der Waals surface area contributed by atoms with Crippen molar-refractivity contribution >= 4 is 31.9 Å². The summed E-state index contributed by atoms with van der Waals surface area (Å²) in [6.45, 7) is -0.217. The molecule has 0 aliphatic heterocycles. The highest BCUT2D eigenvalue weighted by atomic mass is 79.9. The van der Waals surface area contributed by atoms with E-state index < -0.39 is 6.10 Å². The first-order valence-electron chi connectivity index (χ1n) is 4.00. The molecule has 0 aromatic heterocycles. The molecule has 1 aromatic carbocycles. The lowest BCUT2D eigenvalue weighted by molar-refractivity contribution is 0.0533. The highest BCUT2D eigenvalue weighted by Gasteiger charge is 2.05. The van der Waals surface area contributed by atoms with Gasteiger partial charge in [-0.1, -0.05) is 15.9 Å². The third kappa shape index (κ3) is 3.57. The van der Waals surface area contributed by atoms with E-state index in [9.17, 15) is 0 Å². The molecule has 1 aromatic rings. The second-order valence-corrected chi connectivity index (χ2v) is 4.49. The van der Waals surface area contributed by atoms with Gasteiger partial charge in [-0.15, -0.1) is 0 Å². The predicted molar refractivity (Wildman–Crippen MR) is 60.4 cm³/mol. The summed E-state index contributed by atoms with van der Waals surface area (Å²) in [6, 6.07) is 5.46. The largest absolute Gasteiger partial charge is 0.490 e. The van der Waals surface area contributed by atoms with Crippen LogP contribution < -0.4 is 4.74 Å². The molecule has 14 heavy (non-hydrogen) atoms. The molecule has 5 heteroatoms. The molecule has 0 aliphatic rings. The standard InChI is InChI=1S/C9H10Br2O3/c10-6-1-2-9(8(11)3-6)14-5-7(13)4-12/h1-3,7,12-13H,4-5H2. The molecule has 0 radical (unpaired) electrons. The molecule has 0 aliphatic carbocycles. The smallest absolute Gasteiger partial charge is 0.133 e. The highest BCUT2D eigenvalue weighted by molar-refractivity contribution is 9.11. The Kier molecular flexibility index (Phi) is 4.88. The van der Waals surface area contributed by atoms with Crippen LogP contribution in [0.2, 0.25) is 0 Å². The Morgan fingerprint density at radius 2 is 2.07 bits per heavy atom. The molecule has 0 heterocycles. The van der Waals surface area contributed by atoms with Gasteiger partial charge < -0.3 is 14.9 Å². The van der Waals surface area contributed by atoms with E-state index >= 15 is 0 Å². The molecule has 0 amide bonds. The number of aliphatic hydroxyl groups excluding tert-OH is 2. The lowest BCUT2D eigenvalue weighted by Gasteiger charge is -2.11. The highest BCUT2D eigenvalue weighted by Crippen LogP contribution is 2.28. The molecular formula is C9H10Br2O3. The van der Waals surface area contributed by atoms with Gasteiger partial charge in [-0.25, -0.2) is 0 Å². The second-order valence-electron chi connectivity index (χ2n) is 2.72. The third-order valence-corrected chi connectivity index (χ3v) is 2.65. The number of ether oxygens (including phenoxy) is 1. The van der Waals surface area contributed by atoms with Gasteiger partial charge in [0.25, 0.3) is 0 Å². The third-order valence-electron chi connectivity index (χ3n) is 1.54. The number of aliphatic hydroxyl groups is 2. The van der Waals surface area contributed by atoms with Crippen molar-refractivity contribution in [1.29, 1.82) is 0 Å². The van der Waals surface area contributed by atoms with Gasteiger partial charge in [0.05, 0.1) is 11.1 Å². The normalized spacial score (nSPS) is 12.6. The van der Waals surface area contributed by atoms with E-state index in [1.165, 1.54) is 0 Å². The number of hydrogen-bond acceptors (Lipinski definition) is 3. The first kappa shape index (κ1) is 12.0. The summed E-state index contributed by atoms with van der Waals surface area (Å²) in [4.78, 5) is 0. The van der Waals surface area contributed by atoms with E-state index in [1.54, 1.807) is 6.07 Å². The fourth-order valence-corrected chi connectivity index (χ4v) is 1.99. The van der Waals surface area contributed by atoms with Crippen molar-refractivity contribution in [3.63, 3.8) is 0 Å². The predicted octanol–water partition coefficient (Wildman–Crippen LogP) is 1.94.